The maximum Gasteiger partial charge on any atom is 0.155 e. The van der Waals surface area contributed by atoms with E-state index in [1.165, 1.54) is 0 Å². The van der Waals surface area contributed by atoms with Crippen LogP contribution >= 0.6 is 0 Å². The minimum Gasteiger partial charge on any atom is -0.297 e. The largest absolute Gasteiger partial charge is 0.297 e. The zero-order valence-electron chi connectivity index (χ0n) is 11.9. The predicted molar refractivity (Wildman–Crippen MR) is 68.5 cm³/mol. The van der Waals surface area contributed by atoms with Gasteiger partial charge in [0.15, 0.2) is 5.78 Å². The molecule has 0 unspecified atom stereocenters. The molecule has 16 heavy (non-hydrogen) atoms. The molecule has 94 valence electrons. The van der Waals surface area contributed by atoms with Gasteiger partial charge in [-0.1, -0.05) is 27.7 Å². The van der Waals surface area contributed by atoms with Gasteiger partial charge in [0.1, 0.15) is 0 Å². The summed E-state index contributed by atoms with van der Waals surface area (Å²) in [5, 5.41) is 0. The van der Waals surface area contributed by atoms with E-state index in [4.69, 9.17) is 0 Å². The van der Waals surface area contributed by atoms with Gasteiger partial charge >= 0.3 is 0 Å². The van der Waals surface area contributed by atoms with Gasteiger partial charge in [0.2, 0.25) is 0 Å². The highest BCUT2D eigenvalue weighted by molar-refractivity contribution is 5.89. The molecule has 0 saturated carbocycles. The third-order valence-corrected chi connectivity index (χ3v) is 3.41. The van der Waals surface area contributed by atoms with Gasteiger partial charge in [-0.3, -0.25) is 9.69 Å². The van der Waals surface area contributed by atoms with Crippen LogP contribution in [-0.2, 0) is 4.79 Å². The molecule has 0 aromatic carbocycles. The summed E-state index contributed by atoms with van der Waals surface area (Å²) in [7, 11) is 0. The molecule has 0 amide bonds. The fraction of sp³-hybridized carbons (Fsp3) is 0.929. The Bertz CT molecular complexity index is 269. The Hall–Kier alpha value is -0.370. The van der Waals surface area contributed by atoms with E-state index in [-0.39, 0.29) is 17.0 Å². The Labute approximate surface area is 100 Å². The van der Waals surface area contributed by atoms with Crippen LogP contribution in [0.4, 0.5) is 0 Å². The van der Waals surface area contributed by atoms with Crippen LogP contribution in [0.25, 0.3) is 0 Å². The molecule has 0 bridgehead atoms. The standard InChI is InChI=1S/C14H27NO/c1-10-8-11(12(16)13(2,3)4)15(9-10)14(5,6)7/h10-11H,8-9H2,1-7H3/t10-,11+/m1/s1. The van der Waals surface area contributed by atoms with Gasteiger partial charge in [-0.2, -0.15) is 0 Å². The van der Waals surface area contributed by atoms with Crippen molar-refractivity contribution in [2.45, 2.75) is 66.5 Å². The topological polar surface area (TPSA) is 20.3 Å². The van der Waals surface area contributed by atoms with Crippen LogP contribution in [0.3, 0.4) is 0 Å². The van der Waals surface area contributed by atoms with Crippen molar-refractivity contribution >= 4 is 5.78 Å². The molecule has 0 aromatic heterocycles. The van der Waals surface area contributed by atoms with Crippen molar-refractivity contribution in [3.8, 4) is 0 Å². The minimum atomic E-state index is -0.224. The lowest BCUT2D eigenvalue weighted by molar-refractivity contribution is -0.132. The van der Waals surface area contributed by atoms with Crippen LogP contribution in [0.2, 0.25) is 0 Å². The van der Waals surface area contributed by atoms with Crippen LogP contribution < -0.4 is 0 Å². The number of rotatable bonds is 1. The summed E-state index contributed by atoms with van der Waals surface area (Å²) in [4.78, 5) is 14.8. The van der Waals surface area contributed by atoms with Gasteiger partial charge in [-0.05, 0) is 33.1 Å². The molecule has 0 aromatic rings. The summed E-state index contributed by atoms with van der Waals surface area (Å²) < 4.78 is 0. The lowest BCUT2D eigenvalue weighted by Crippen LogP contribution is -2.50. The minimum absolute atomic E-state index is 0.0936. The van der Waals surface area contributed by atoms with Gasteiger partial charge in [0.25, 0.3) is 0 Å². The average Bonchev–Trinajstić information content (AvgIpc) is 2.43. The van der Waals surface area contributed by atoms with E-state index in [0.717, 1.165) is 13.0 Å². The molecule has 0 aliphatic carbocycles. The lowest BCUT2D eigenvalue weighted by atomic mass is 9.84. The number of nitrogens with zero attached hydrogens (tertiary/aromatic N) is 1. The average molecular weight is 225 g/mol. The Balaban J connectivity index is 2.91. The highest BCUT2D eigenvalue weighted by atomic mass is 16.1. The van der Waals surface area contributed by atoms with Crippen LogP contribution in [-0.4, -0.2) is 28.8 Å². The number of ketones is 1. The van der Waals surface area contributed by atoms with E-state index in [9.17, 15) is 4.79 Å². The SMILES string of the molecule is C[C@@H]1C[C@@H](C(=O)C(C)(C)C)N(C(C)(C)C)C1. The molecule has 1 aliphatic heterocycles. The third-order valence-electron chi connectivity index (χ3n) is 3.41. The van der Waals surface area contributed by atoms with E-state index >= 15 is 0 Å². The summed E-state index contributed by atoms with van der Waals surface area (Å²) in [6.45, 7) is 16.0. The van der Waals surface area contributed by atoms with Crippen LogP contribution in [0.15, 0.2) is 0 Å². The summed E-state index contributed by atoms with van der Waals surface area (Å²) in [5.41, 5.74) is -0.130. The van der Waals surface area contributed by atoms with E-state index < -0.39 is 0 Å². The number of carbonyl (C=O) groups excluding carboxylic acids is 1. The van der Waals surface area contributed by atoms with E-state index in [0.29, 0.717) is 11.7 Å². The van der Waals surface area contributed by atoms with Crippen molar-refractivity contribution < 1.29 is 4.79 Å². The normalized spacial score (nSPS) is 28.4. The first-order valence-corrected chi connectivity index (χ1v) is 6.34. The van der Waals surface area contributed by atoms with Crippen molar-refractivity contribution in [3.63, 3.8) is 0 Å². The maximum atomic E-state index is 12.4. The number of carbonyl (C=O) groups is 1. The fourth-order valence-electron chi connectivity index (χ4n) is 2.54. The van der Waals surface area contributed by atoms with Gasteiger partial charge < -0.3 is 0 Å². The van der Waals surface area contributed by atoms with Gasteiger partial charge in [0, 0.05) is 17.5 Å². The number of hydrogen-bond acceptors (Lipinski definition) is 2. The number of hydrogen-bond donors (Lipinski definition) is 0. The molecule has 1 saturated heterocycles. The molecule has 1 heterocycles. The first kappa shape index (κ1) is 13.7. The van der Waals surface area contributed by atoms with Crippen LogP contribution in [0.1, 0.15) is 54.9 Å². The van der Waals surface area contributed by atoms with Crippen molar-refractivity contribution in [2.24, 2.45) is 11.3 Å². The zero-order valence-corrected chi connectivity index (χ0v) is 11.9. The lowest BCUT2D eigenvalue weighted by Gasteiger charge is -2.38. The molecular weight excluding hydrogens is 198 g/mol. The Morgan fingerprint density at radius 2 is 1.62 bits per heavy atom. The van der Waals surface area contributed by atoms with E-state index in [2.05, 4.69) is 32.6 Å². The smallest absolute Gasteiger partial charge is 0.155 e. The third kappa shape index (κ3) is 2.85. The molecule has 1 aliphatic rings. The highest BCUT2D eigenvalue weighted by Crippen LogP contribution is 2.34. The number of likely N-dealkylation sites (tertiary alicyclic amines) is 1. The summed E-state index contributed by atoms with van der Waals surface area (Å²) in [6, 6.07) is 0.120. The monoisotopic (exact) mass is 225 g/mol. The van der Waals surface area contributed by atoms with Crippen molar-refractivity contribution in [3.05, 3.63) is 0 Å². The predicted octanol–water partition coefficient (Wildman–Crippen LogP) is 3.11. The second kappa shape index (κ2) is 4.14. The van der Waals surface area contributed by atoms with Gasteiger partial charge in [0.05, 0.1) is 6.04 Å². The van der Waals surface area contributed by atoms with Crippen molar-refractivity contribution in [1.82, 2.24) is 4.90 Å². The Morgan fingerprint density at radius 3 is 2.00 bits per heavy atom. The molecule has 1 fully saturated rings. The second-order valence-electron chi connectivity index (χ2n) is 7.29. The Morgan fingerprint density at radius 1 is 1.12 bits per heavy atom. The highest BCUT2D eigenvalue weighted by Gasteiger charge is 2.43. The van der Waals surface area contributed by atoms with Gasteiger partial charge in [-0.25, -0.2) is 0 Å². The first-order valence-electron chi connectivity index (χ1n) is 6.34. The summed E-state index contributed by atoms with van der Waals surface area (Å²) >= 11 is 0. The molecule has 0 radical (unpaired) electrons. The maximum absolute atomic E-state index is 12.4. The van der Waals surface area contributed by atoms with Crippen molar-refractivity contribution in [2.75, 3.05) is 6.54 Å². The molecule has 1 rings (SSSR count). The molecule has 2 heteroatoms. The fourth-order valence-corrected chi connectivity index (χ4v) is 2.54. The molecule has 0 N–H and O–H groups in total. The van der Waals surface area contributed by atoms with Crippen LogP contribution in [0.5, 0.6) is 0 Å². The molecular formula is C14H27NO. The Kier molecular flexibility index (Phi) is 3.54. The summed E-state index contributed by atoms with van der Waals surface area (Å²) in [5.74, 6) is 1.03. The second-order valence-corrected chi connectivity index (χ2v) is 7.29. The van der Waals surface area contributed by atoms with Gasteiger partial charge in [-0.15, -0.1) is 0 Å². The summed E-state index contributed by atoms with van der Waals surface area (Å²) in [6.07, 6.45) is 1.02. The molecule has 2 nitrogen and oxygen atoms in total. The van der Waals surface area contributed by atoms with Crippen LogP contribution in [0, 0.1) is 11.3 Å². The number of Topliss-reactive ketones (excluding diaryl/α,β-unsaturated/α-hetero) is 1. The van der Waals surface area contributed by atoms with E-state index in [1.54, 1.807) is 0 Å². The van der Waals surface area contributed by atoms with E-state index in [1.807, 2.05) is 20.8 Å². The molecule has 0 spiro atoms. The zero-order chi connectivity index (χ0) is 12.7. The quantitative estimate of drug-likeness (QED) is 0.683. The molecule has 2 atom stereocenters. The first-order chi connectivity index (χ1) is 7.03. The van der Waals surface area contributed by atoms with Crippen molar-refractivity contribution in [1.29, 1.82) is 0 Å².